The molecule has 8 heteroatoms. The van der Waals surface area contributed by atoms with E-state index >= 15 is 0 Å². The molecule has 2 fully saturated rings. The molecule has 262 valence electrons. The van der Waals surface area contributed by atoms with E-state index in [4.69, 9.17) is 9.47 Å². The lowest BCUT2D eigenvalue weighted by Gasteiger charge is -2.39. The number of rotatable bonds is 14. The number of methoxy groups -OCH3 is 2. The number of nitrogens with zero attached hydrogens (tertiary/aromatic N) is 2. The third-order valence-corrected chi connectivity index (χ3v) is 11.0. The summed E-state index contributed by atoms with van der Waals surface area (Å²) < 4.78 is 11.1. The van der Waals surface area contributed by atoms with Gasteiger partial charge in [0.25, 0.3) is 5.91 Å². The highest BCUT2D eigenvalue weighted by Gasteiger charge is 2.42. The van der Waals surface area contributed by atoms with Crippen LogP contribution in [0, 0.1) is 11.8 Å². The van der Waals surface area contributed by atoms with Crippen molar-refractivity contribution in [2.24, 2.45) is 11.8 Å². The number of amides is 1. The molecule has 3 atom stereocenters. The average molecular weight is 675 g/mol. The Kier molecular flexibility index (Phi) is 10.7. The second kappa shape index (κ2) is 15.7. The van der Waals surface area contributed by atoms with Crippen LogP contribution in [0.2, 0.25) is 0 Å². The van der Waals surface area contributed by atoms with Crippen molar-refractivity contribution in [3.8, 4) is 11.5 Å². The summed E-state index contributed by atoms with van der Waals surface area (Å²) in [5.41, 5.74) is 6.69. The summed E-state index contributed by atoms with van der Waals surface area (Å²) in [5.74, 6) is 2.51. The SMILES string of the molecule is COc1ccc(CN(CC(O)CNC(=O)c2cccc(NC3C4CCC3CN(Cc3ccccc3)C4)c2)C2Cc3ccccc3C2)c(OC)c1. The molecule has 1 saturated heterocycles. The number of benzene rings is 4. The van der Waals surface area contributed by atoms with Crippen molar-refractivity contribution in [1.29, 1.82) is 0 Å². The van der Waals surface area contributed by atoms with Gasteiger partial charge >= 0.3 is 0 Å². The zero-order valence-electron chi connectivity index (χ0n) is 29.3. The molecular formula is C42H50N4O4. The summed E-state index contributed by atoms with van der Waals surface area (Å²) in [6, 6.07) is 33.6. The molecule has 1 amide bonds. The molecule has 2 aliphatic carbocycles. The van der Waals surface area contributed by atoms with Gasteiger partial charge in [0, 0.05) is 74.2 Å². The standard InChI is InChI=1S/C42H50N4O4/c1-49-39-18-17-33(40(22-39)50-2)27-46(37-20-30-11-6-7-12-31(30)21-37)28-38(47)23-43-42(48)32-13-8-14-36(19-32)44-41-34-15-16-35(41)26-45(25-34)24-29-9-4-3-5-10-29/h3-14,17-19,22,34-35,37-38,41,44,47H,15-16,20-21,23-28H2,1-2H3,(H,43,48). The Hall–Kier alpha value is -4.37. The minimum atomic E-state index is -0.745. The van der Waals surface area contributed by atoms with Crippen molar-refractivity contribution in [1.82, 2.24) is 15.1 Å². The van der Waals surface area contributed by atoms with Gasteiger partial charge in [-0.25, -0.2) is 0 Å². The van der Waals surface area contributed by atoms with Crippen LogP contribution < -0.4 is 20.1 Å². The largest absolute Gasteiger partial charge is 0.497 e. The van der Waals surface area contributed by atoms with Gasteiger partial charge in [-0.05, 0) is 78.5 Å². The Balaban J connectivity index is 0.957. The molecule has 50 heavy (non-hydrogen) atoms. The van der Waals surface area contributed by atoms with Crippen LogP contribution in [0.3, 0.4) is 0 Å². The van der Waals surface area contributed by atoms with Gasteiger partial charge < -0.3 is 25.2 Å². The van der Waals surface area contributed by atoms with E-state index in [9.17, 15) is 9.90 Å². The first-order valence-corrected chi connectivity index (χ1v) is 18.1. The lowest BCUT2D eigenvalue weighted by molar-refractivity contribution is 0.0747. The zero-order valence-corrected chi connectivity index (χ0v) is 29.3. The van der Waals surface area contributed by atoms with Gasteiger partial charge in [-0.3, -0.25) is 14.6 Å². The van der Waals surface area contributed by atoms with Crippen molar-refractivity contribution in [2.45, 2.75) is 57.0 Å². The van der Waals surface area contributed by atoms with Gasteiger partial charge in [0.15, 0.2) is 0 Å². The van der Waals surface area contributed by atoms with Crippen molar-refractivity contribution in [2.75, 3.05) is 45.7 Å². The van der Waals surface area contributed by atoms with Gasteiger partial charge in [0.05, 0.1) is 20.3 Å². The van der Waals surface area contributed by atoms with Crippen LogP contribution >= 0.6 is 0 Å². The highest BCUT2D eigenvalue weighted by atomic mass is 16.5. The summed E-state index contributed by atoms with van der Waals surface area (Å²) >= 11 is 0. The second-order valence-corrected chi connectivity index (χ2v) is 14.3. The number of piperidine rings is 1. The predicted molar refractivity (Wildman–Crippen MR) is 198 cm³/mol. The van der Waals surface area contributed by atoms with Gasteiger partial charge in [0.1, 0.15) is 11.5 Å². The number of carbonyl (C=O) groups is 1. The molecule has 3 N–H and O–H groups in total. The van der Waals surface area contributed by atoms with Crippen molar-refractivity contribution < 1.29 is 19.4 Å². The number of likely N-dealkylation sites (tertiary alicyclic amines) is 1. The quantitative estimate of drug-likeness (QED) is 0.156. The minimum absolute atomic E-state index is 0.163. The van der Waals surface area contributed by atoms with E-state index in [2.05, 4.69) is 81.1 Å². The van der Waals surface area contributed by atoms with Gasteiger partial charge in [-0.1, -0.05) is 66.7 Å². The van der Waals surface area contributed by atoms with E-state index in [1.165, 1.54) is 29.5 Å². The fourth-order valence-electron chi connectivity index (χ4n) is 8.45. The highest BCUT2D eigenvalue weighted by molar-refractivity contribution is 5.95. The molecule has 1 aliphatic heterocycles. The third-order valence-electron chi connectivity index (χ3n) is 11.0. The van der Waals surface area contributed by atoms with E-state index < -0.39 is 6.10 Å². The summed E-state index contributed by atoms with van der Waals surface area (Å²) in [6.07, 6.45) is 3.56. The predicted octanol–water partition coefficient (Wildman–Crippen LogP) is 5.79. The van der Waals surface area contributed by atoms with Gasteiger partial charge in [-0.2, -0.15) is 0 Å². The molecule has 1 saturated carbocycles. The number of carbonyl (C=O) groups excluding carboxylic acids is 1. The summed E-state index contributed by atoms with van der Waals surface area (Å²) in [4.78, 5) is 18.3. The molecule has 8 nitrogen and oxygen atoms in total. The van der Waals surface area contributed by atoms with Gasteiger partial charge in [0.2, 0.25) is 0 Å². The lowest BCUT2D eigenvalue weighted by atomic mass is 9.91. The molecule has 3 aliphatic rings. The van der Waals surface area contributed by atoms with Crippen molar-refractivity contribution in [3.05, 3.63) is 125 Å². The van der Waals surface area contributed by atoms with Crippen molar-refractivity contribution in [3.63, 3.8) is 0 Å². The number of nitrogens with one attached hydrogen (secondary N) is 2. The van der Waals surface area contributed by atoms with Crippen LogP contribution in [-0.4, -0.2) is 79.4 Å². The Bertz CT molecular complexity index is 1710. The van der Waals surface area contributed by atoms with E-state index in [-0.39, 0.29) is 18.5 Å². The lowest BCUT2D eigenvalue weighted by Crippen LogP contribution is -2.47. The Morgan fingerprint density at radius 3 is 2.30 bits per heavy atom. The first kappa shape index (κ1) is 34.1. The summed E-state index contributed by atoms with van der Waals surface area (Å²) in [6.45, 7) is 4.38. The topological polar surface area (TPSA) is 86.3 Å². The second-order valence-electron chi connectivity index (χ2n) is 14.3. The zero-order chi connectivity index (χ0) is 34.5. The number of hydrogen-bond acceptors (Lipinski definition) is 7. The van der Waals surface area contributed by atoms with Crippen LogP contribution in [0.5, 0.6) is 11.5 Å². The number of aliphatic hydroxyl groups is 1. The van der Waals surface area contributed by atoms with Gasteiger partial charge in [-0.15, -0.1) is 0 Å². The summed E-state index contributed by atoms with van der Waals surface area (Å²) in [5, 5.41) is 18.1. The van der Waals surface area contributed by atoms with Crippen molar-refractivity contribution >= 4 is 11.6 Å². The molecule has 2 bridgehead atoms. The van der Waals surface area contributed by atoms with Crippen LogP contribution in [-0.2, 0) is 25.9 Å². The minimum Gasteiger partial charge on any atom is -0.497 e. The molecule has 0 radical (unpaired) electrons. The molecule has 4 aromatic carbocycles. The molecule has 0 spiro atoms. The monoisotopic (exact) mass is 674 g/mol. The maximum atomic E-state index is 13.4. The Labute approximate surface area is 296 Å². The number of anilines is 1. The molecular weight excluding hydrogens is 624 g/mol. The molecule has 3 unspecified atom stereocenters. The number of aliphatic hydroxyl groups excluding tert-OH is 1. The number of ether oxygens (including phenoxy) is 2. The molecule has 1 heterocycles. The number of hydrogen-bond donors (Lipinski definition) is 3. The fourth-order valence-corrected chi connectivity index (χ4v) is 8.45. The normalized spacial score (nSPS) is 20.8. The van der Waals surface area contributed by atoms with E-state index in [1.54, 1.807) is 14.2 Å². The molecule has 7 rings (SSSR count). The van der Waals surface area contributed by atoms with E-state index in [0.717, 1.165) is 55.2 Å². The van der Waals surface area contributed by atoms with E-state index in [0.29, 0.717) is 36.5 Å². The maximum Gasteiger partial charge on any atom is 0.251 e. The van der Waals surface area contributed by atoms with E-state index in [1.807, 2.05) is 36.4 Å². The molecule has 4 aromatic rings. The highest BCUT2D eigenvalue weighted by Crippen LogP contribution is 2.39. The molecule has 0 aromatic heterocycles. The number of fused-ring (bicyclic) bond motifs is 3. The summed E-state index contributed by atoms with van der Waals surface area (Å²) in [7, 11) is 3.32. The first-order valence-electron chi connectivity index (χ1n) is 18.1. The first-order chi connectivity index (χ1) is 24.4. The fraction of sp³-hybridized carbons (Fsp3) is 0.405. The van der Waals surface area contributed by atoms with Crippen LogP contribution in [0.15, 0.2) is 97.1 Å². The third kappa shape index (κ3) is 7.99. The Morgan fingerprint density at radius 1 is 0.880 bits per heavy atom. The Morgan fingerprint density at radius 2 is 1.60 bits per heavy atom. The van der Waals surface area contributed by atoms with Crippen LogP contribution in [0.1, 0.15) is 45.5 Å². The van der Waals surface area contributed by atoms with Crippen LogP contribution in [0.4, 0.5) is 5.69 Å². The van der Waals surface area contributed by atoms with Crippen LogP contribution in [0.25, 0.3) is 0 Å². The smallest absolute Gasteiger partial charge is 0.251 e. The maximum absolute atomic E-state index is 13.4. The average Bonchev–Trinajstić information content (AvgIpc) is 3.67.